The first kappa shape index (κ1) is 10.5. The van der Waals surface area contributed by atoms with Crippen LogP contribution in [0.1, 0.15) is 11.5 Å². The third kappa shape index (κ3) is 1.98. The molecule has 0 atom stereocenters. The molecule has 2 aromatic rings. The Labute approximate surface area is 104 Å². The van der Waals surface area contributed by atoms with Gasteiger partial charge in [0.1, 0.15) is 11.6 Å². The highest BCUT2D eigenvalue weighted by atomic mass is 35.5. The topological polar surface area (TPSA) is 46.8 Å². The van der Waals surface area contributed by atoms with Crippen LogP contribution in [-0.4, -0.2) is 26.1 Å². The summed E-state index contributed by atoms with van der Waals surface area (Å²) in [5.41, 5.74) is 0.804. The Bertz CT molecular complexity index is 524. The molecule has 0 unspecified atom stereocenters. The Morgan fingerprint density at radius 1 is 1.29 bits per heavy atom. The van der Waals surface area contributed by atoms with Crippen LogP contribution in [0.25, 0.3) is 0 Å². The van der Waals surface area contributed by atoms with Crippen molar-refractivity contribution in [2.45, 2.75) is 19.0 Å². The van der Waals surface area contributed by atoms with Gasteiger partial charge in [-0.15, -0.1) is 11.6 Å². The molecule has 17 heavy (non-hydrogen) atoms. The zero-order valence-corrected chi connectivity index (χ0v) is 10.0. The van der Waals surface area contributed by atoms with E-state index < -0.39 is 0 Å². The van der Waals surface area contributed by atoms with Crippen LogP contribution in [0.2, 0.25) is 0 Å². The predicted octanol–water partition coefficient (Wildman–Crippen LogP) is 1.43. The summed E-state index contributed by atoms with van der Waals surface area (Å²) >= 11 is 5.76. The van der Waals surface area contributed by atoms with E-state index >= 15 is 0 Å². The first-order chi connectivity index (χ1) is 8.36. The van der Waals surface area contributed by atoms with Gasteiger partial charge in [0.15, 0.2) is 0 Å². The number of anilines is 1. The highest BCUT2D eigenvalue weighted by Crippen LogP contribution is 2.17. The second-order valence-corrected chi connectivity index (χ2v) is 4.23. The van der Waals surface area contributed by atoms with Gasteiger partial charge in [-0.05, 0) is 0 Å². The molecule has 3 heterocycles. The maximum atomic E-state index is 5.76. The van der Waals surface area contributed by atoms with Gasteiger partial charge in [-0.3, -0.25) is 4.98 Å². The number of alkyl halides is 1. The van der Waals surface area contributed by atoms with E-state index in [0.29, 0.717) is 5.88 Å². The van der Waals surface area contributed by atoms with Crippen LogP contribution >= 0.6 is 11.6 Å². The van der Waals surface area contributed by atoms with E-state index in [9.17, 15) is 0 Å². The van der Waals surface area contributed by atoms with Crippen molar-refractivity contribution in [3.8, 4) is 0 Å². The average molecular weight is 250 g/mol. The Morgan fingerprint density at radius 2 is 2.24 bits per heavy atom. The molecule has 0 radical (unpaired) electrons. The number of rotatable bonds is 2. The van der Waals surface area contributed by atoms with Gasteiger partial charge in [-0.2, -0.15) is 0 Å². The normalized spacial score (nSPS) is 14.8. The highest BCUT2D eigenvalue weighted by Gasteiger charge is 2.18. The molecule has 2 aromatic heterocycles. The summed E-state index contributed by atoms with van der Waals surface area (Å²) in [5, 5.41) is 0. The quantitative estimate of drug-likeness (QED) is 0.756. The highest BCUT2D eigenvalue weighted by molar-refractivity contribution is 6.16. The van der Waals surface area contributed by atoms with E-state index in [-0.39, 0.29) is 0 Å². The summed E-state index contributed by atoms with van der Waals surface area (Å²) in [6.45, 7) is 2.62. The minimum absolute atomic E-state index is 0.392. The second kappa shape index (κ2) is 4.33. The van der Waals surface area contributed by atoms with E-state index in [1.54, 1.807) is 12.4 Å². The van der Waals surface area contributed by atoms with Gasteiger partial charge in [-0.1, -0.05) is 0 Å². The Hall–Kier alpha value is -1.62. The number of nitrogens with zero attached hydrogens (tertiary/aromatic N) is 5. The van der Waals surface area contributed by atoms with Crippen LogP contribution in [0.3, 0.4) is 0 Å². The Balaban J connectivity index is 1.86. The fourth-order valence-electron chi connectivity index (χ4n) is 1.98. The molecular formula is C11H12ClN5. The van der Waals surface area contributed by atoms with Crippen molar-refractivity contribution >= 4 is 17.4 Å². The van der Waals surface area contributed by atoms with Crippen LogP contribution in [0.4, 0.5) is 5.82 Å². The molecule has 0 aliphatic carbocycles. The Kier molecular flexibility index (Phi) is 2.68. The number of fused-ring (bicyclic) bond motifs is 1. The van der Waals surface area contributed by atoms with Crippen LogP contribution in [-0.2, 0) is 19.0 Å². The molecule has 88 valence electrons. The molecule has 0 spiro atoms. The molecule has 0 aromatic carbocycles. The molecule has 0 fully saturated rings. The zero-order valence-electron chi connectivity index (χ0n) is 9.25. The van der Waals surface area contributed by atoms with Gasteiger partial charge >= 0.3 is 0 Å². The molecule has 0 saturated carbocycles. The third-order valence-corrected chi connectivity index (χ3v) is 3.15. The minimum Gasteiger partial charge on any atom is -0.346 e. The van der Waals surface area contributed by atoms with E-state index in [0.717, 1.165) is 37.0 Å². The fraction of sp³-hybridized carbons (Fsp3) is 0.364. The van der Waals surface area contributed by atoms with Gasteiger partial charge in [0.05, 0.1) is 24.3 Å². The third-order valence-electron chi connectivity index (χ3n) is 2.88. The summed E-state index contributed by atoms with van der Waals surface area (Å²) < 4.78 is 2.16. The molecule has 0 N–H and O–H groups in total. The molecule has 0 bridgehead atoms. The molecule has 3 rings (SSSR count). The van der Waals surface area contributed by atoms with E-state index in [4.69, 9.17) is 11.6 Å². The van der Waals surface area contributed by atoms with Crippen molar-refractivity contribution in [2.75, 3.05) is 11.4 Å². The molecular weight excluding hydrogens is 238 g/mol. The maximum Gasteiger partial charge on any atom is 0.147 e. The van der Waals surface area contributed by atoms with Crippen molar-refractivity contribution in [2.24, 2.45) is 0 Å². The molecule has 6 heteroatoms. The number of hydrogen-bond donors (Lipinski definition) is 0. The van der Waals surface area contributed by atoms with Gasteiger partial charge in [-0.25, -0.2) is 9.97 Å². The lowest BCUT2D eigenvalue weighted by atomic mass is 10.3. The van der Waals surface area contributed by atoms with Crippen LogP contribution in [0.5, 0.6) is 0 Å². The second-order valence-electron chi connectivity index (χ2n) is 3.96. The predicted molar refractivity (Wildman–Crippen MR) is 64.9 cm³/mol. The van der Waals surface area contributed by atoms with Crippen molar-refractivity contribution in [1.82, 2.24) is 19.5 Å². The Morgan fingerprint density at radius 3 is 3.12 bits per heavy atom. The number of aromatic nitrogens is 4. The number of imidazole rings is 1. The van der Waals surface area contributed by atoms with Crippen LogP contribution in [0.15, 0.2) is 24.8 Å². The van der Waals surface area contributed by atoms with E-state index in [2.05, 4.69) is 24.4 Å². The van der Waals surface area contributed by atoms with Crippen molar-refractivity contribution in [1.29, 1.82) is 0 Å². The van der Waals surface area contributed by atoms with Crippen molar-refractivity contribution in [3.05, 3.63) is 36.3 Å². The lowest BCUT2D eigenvalue weighted by Crippen LogP contribution is -2.34. The van der Waals surface area contributed by atoms with Crippen LogP contribution in [0, 0.1) is 0 Å². The molecule has 1 aliphatic heterocycles. The van der Waals surface area contributed by atoms with E-state index in [1.165, 1.54) is 0 Å². The average Bonchev–Trinajstić information content (AvgIpc) is 2.86. The minimum atomic E-state index is 0.392. The summed E-state index contributed by atoms with van der Waals surface area (Å²) in [5.74, 6) is 2.33. The lowest BCUT2D eigenvalue weighted by Gasteiger charge is -2.28. The van der Waals surface area contributed by atoms with Crippen molar-refractivity contribution in [3.63, 3.8) is 0 Å². The maximum absolute atomic E-state index is 5.76. The van der Waals surface area contributed by atoms with Gasteiger partial charge in [0, 0.05) is 31.7 Å². The smallest absolute Gasteiger partial charge is 0.147 e. The largest absolute Gasteiger partial charge is 0.346 e. The summed E-state index contributed by atoms with van der Waals surface area (Å²) in [7, 11) is 0. The zero-order chi connectivity index (χ0) is 11.7. The standard InChI is InChI=1S/C11H12ClN5/c12-5-9-6-13-7-10(15-9)17-4-3-16-2-1-14-11(16)8-17/h1-2,6-7H,3-5,8H2. The summed E-state index contributed by atoms with van der Waals surface area (Å²) in [6, 6.07) is 0. The van der Waals surface area contributed by atoms with E-state index in [1.807, 2.05) is 12.4 Å². The van der Waals surface area contributed by atoms with Gasteiger partial charge in [0.25, 0.3) is 0 Å². The van der Waals surface area contributed by atoms with Crippen molar-refractivity contribution < 1.29 is 0 Å². The number of hydrogen-bond acceptors (Lipinski definition) is 4. The molecule has 0 saturated heterocycles. The molecule has 1 aliphatic rings. The molecule has 0 amide bonds. The molecule has 5 nitrogen and oxygen atoms in total. The summed E-state index contributed by atoms with van der Waals surface area (Å²) in [6.07, 6.45) is 7.31. The first-order valence-electron chi connectivity index (χ1n) is 5.48. The van der Waals surface area contributed by atoms with Crippen LogP contribution < -0.4 is 4.90 Å². The van der Waals surface area contributed by atoms with Gasteiger partial charge < -0.3 is 9.47 Å². The summed E-state index contributed by atoms with van der Waals surface area (Å²) in [4.78, 5) is 15.1. The SMILES string of the molecule is ClCc1cncc(N2CCn3ccnc3C2)n1. The first-order valence-corrected chi connectivity index (χ1v) is 6.02. The lowest BCUT2D eigenvalue weighted by molar-refractivity contribution is 0.555. The van der Waals surface area contributed by atoms with Gasteiger partial charge in [0.2, 0.25) is 0 Å². The number of halogens is 1. The monoisotopic (exact) mass is 249 g/mol. The fourth-order valence-corrected chi connectivity index (χ4v) is 2.11.